The van der Waals surface area contributed by atoms with Gasteiger partial charge in [-0.2, -0.15) is 0 Å². The van der Waals surface area contributed by atoms with E-state index >= 15 is 0 Å². The Balaban J connectivity index is 1.97. The van der Waals surface area contributed by atoms with Crippen LogP contribution < -0.4 is 4.90 Å². The van der Waals surface area contributed by atoms with Crippen LogP contribution in [-0.4, -0.2) is 44.4 Å². The minimum Gasteiger partial charge on any atom is -0.465 e. The number of hydrogen-bond donors (Lipinski definition) is 0. The summed E-state index contributed by atoms with van der Waals surface area (Å²) in [5, 5.41) is 0. The lowest BCUT2D eigenvalue weighted by Crippen LogP contribution is -2.38. The maximum absolute atomic E-state index is 12.8. The van der Waals surface area contributed by atoms with E-state index in [2.05, 4.69) is 4.90 Å². The summed E-state index contributed by atoms with van der Waals surface area (Å²) in [4.78, 5) is 19.8. The van der Waals surface area contributed by atoms with E-state index in [1.165, 1.54) is 7.11 Å². The molecule has 2 heterocycles. The van der Waals surface area contributed by atoms with Crippen LogP contribution in [0, 0.1) is 0 Å². The highest BCUT2D eigenvalue weighted by Crippen LogP contribution is 2.35. The molecule has 0 saturated carbocycles. The monoisotopic (exact) mass is 374 g/mol. The molecular weight excluding hydrogens is 352 g/mol. The Labute approximate surface area is 164 Å². The van der Waals surface area contributed by atoms with Crippen molar-refractivity contribution >= 4 is 11.8 Å². The minimum absolute atomic E-state index is 0.382. The average molecular weight is 374 g/mol. The molecule has 1 aliphatic heterocycles. The molecule has 0 N–H and O–H groups in total. The van der Waals surface area contributed by atoms with E-state index in [1.807, 2.05) is 66.7 Å². The maximum Gasteiger partial charge on any atom is 0.342 e. The number of carbonyl (C=O) groups is 1. The zero-order valence-electron chi connectivity index (χ0n) is 15.8. The molecule has 2 aromatic carbocycles. The zero-order valence-corrected chi connectivity index (χ0v) is 15.8. The molecule has 28 heavy (non-hydrogen) atoms. The van der Waals surface area contributed by atoms with E-state index in [-0.39, 0.29) is 5.97 Å². The number of benzene rings is 2. The molecule has 1 saturated heterocycles. The molecular formula is C23H22N2O3. The molecule has 0 unspecified atom stereocenters. The first-order valence-electron chi connectivity index (χ1n) is 9.35. The van der Waals surface area contributed by atoms with Crippen molar-refractivity contribution in [2.45, 2.75) is 0 Å². The highest BCUT2D eigenvalue weighted by molar-refractivity contribution is 6.03. The number of ether oxygens (including phenoxy) is 2. The second-order valence-electron chi connectivity index (χ2n) is 6.58. The van der Waals surface area contributed by atoms with E-state index in [0.29, 0.717) is 37.7 Å². The van der Waals surface area contributed by atoms with Gasteiger partial charge in [0.1, 0.15) is 11.4 Å². The van der Waals surface area contributed by atoms with Crippen molar-refractivity contribution in [3.8, 4) is 22.4 Å². The van der Waals surface area contributed by atoms with Crippen LogP contribution in [0.5, 0.6) is 0 Å². The zero-order chi connectivity index (χ0) is 19.3. The lowest BCUT2D eigenvalue weighted by atomic mass is 9.97. The number of hydrogen-bond acceptors (Lipinski definition) is 5. The summed E-state index contributed by atoms with van der Waals surface area (Å²) < 4.78 is 10.6. The van der Waals surface area contributed by atoms with Gasteiger partial charge < -0.3 is 14.4 Å². The van der Waals surface area contributed by atoms with Gasteiger partial charge in [0.15, 0.2) is 0 Å². The molecule has 3 aromatic rings. The van der Waals surface area contributed by atoms with Crippen LogP contribution in [0.15, 0.2) is 66.7 Å². The normalized spacial score (nSPS) is 14.0. The standard InChI is InChI=1S/C23H22N2O3/c1-27-23(26)21-19(17-8-4-2-5-9-17)16-20(18-10-6-3-7-11-18)24-22(21)25-12-14-28-15-13-25/h2-11,16H,12-15H2,1H3. The van der Waals surface area contributed by atoms with E-state index in [1.54, 1.807) is 0 Å². The summed E-state index contributed by atoms with van der Waals surface area (Å²) in [7, 11) is 1.41. The molecule has 5 nitrogen and oxygen atoms in total. The number of rotatable bonds is 4. The van der Waals surface area contributed by atoms with Crippen LogP contribution in [0.4, 0.5) is 5.82 Å². The van der Waals surface area contributed by atoms with Crippen LogP contribution in [0.2, 0.25) is 0 Å². The number of pyridine rings is 1. The first-order valence-corrected chi connectivity index (χ1v) is 9.35. The summed E-state index contributed by atoms with van der Waals surface area (Å²) in [6.45, 7) is 2.59. The van der Waals surface area contributed by atoms with E-state index < -0.39 is 0 Å². The number of esters is 1. The third-order valence-corrected chi connectivity index (χ3v) is 4.85. The minimum atomic E-state index is -0.382. The van der Waals surface area contributed by atoms with Crippen LogP contribution in [0.3, 0.4) is 0 Å². The van der Waals surface area contributed by atoms with Gasteiger partial charge in [-0.15, -0.1) is 0 Å². The Kier molecular flexibility index (Phi) is 5.35. The fourth-order valence-corrected chi connectivity index (χ4v) is 3.44. The fourth-order valence-electron chi connectivity index (χ4n) is 3.44. The van der Waals surface area contributed by atoms with Gasteiger partial charge in [0.2, 0.25) is 0 Å². The largest absolute Gasteiger partial charge is 0.465 e. The third-order valence-electron chi connectivity index (χ3n) is 4.85. The van der Waals surface area contributed by atoms with Gasteiger partial charge in [0.25, 0.3) is 0 Å². The predicted molar refractivity (Wildman–Crippen MR) is 109 cm³/mol. The predicted octanol–water partition coefficient (Wildman–Crippen LogP) is 4.04. The Bertz CT molecular complexity index is 952. The Morgan fingerprint density at radius 3 is 2.18 bits per heavy atom. The summed E-state index contributed by atoms with van der Waals surface area (Å²) in [6, 6.07) is 21.9. The van der Waals surface area contributed by atoms with Crippen LogP contribution in [-0.2, 0) is 9.47 Å². The summed E-state index contributed by atoms with van der Waals surface area (Å²) in [6.07, 6.45) is 0. The lowest BCUT2D eigenvalue weighted by molar-refractivity contribution is 0.0601. The first kappa shape index (κ1) is 18.2. The van der Waals surface area contributed by atoms with Gasteiger partial charge in [0, 0.05) is 24.2 Å². The average Bonchev–Trinajstić information content (AvgIpc) is 2.79. The smallest absolute Gasteiger partial charge is 0.342 e. The van der Waals surface area contributed by atoms with Crippen LogP contribution >= 0.6 is 0 Å². The molecule has 1 aliphatic rings. The van der Waals surface area contributed by atoms with Gasteiger partial charge in [-0.05, 0) is 11.6 Å². The van der Waals surface area contributed by atoms with Crippen molar-refractivity contribution in [2.75, 3.05) is 38.3 Å². The van der Waals surface area contributed by atoms with Crippen molar-refractivity contribution in [1.29, 1.82) is 0 Å². The molecule has 0 spiro atoms. The fraction of sp³-hybridized carbons (Fsp3) is 0.217. The van der Waals surface area contributed by atoms with Gasteiger partial charge >= 0.3 is 5.97 Å². The van der Waals surface area contributed by atoms with Crippen LogP contribution in [0.1, 0.15) is 10.4 Å². The summed E-state index contributed by atoms with van der Waals surface area (Å²) in [5.41, 5.74) is 4.11. The Morgan fingerprint density at radius 1 is 0.964 bits per heavy atom. The van der Waals surface area contributed by atoms with Gasteiger partial charge in [0.05, 0.1) is 26.0 Å². The van der Waals surface area contributed by atoms with Crippen molar-refractivity contribution in [1.82, 2.24) is 4.98 Å². The highest BCUT2D eigenvalue weighted by Gasteiger charge is 2.26. The Morgan fingerprint density at radius 2 is 1.57 bits per heavy atom. The number of aromatic nitrogens is 1. The van der Waals surface area contributed by atoms with E-state index in [0.717, 1.165) is 22.4 Å². The van der Waals surface area contributed by atoms with Crippen LogP contribution in [0.25, 0.3) is 22.4 Å². The number of nitrogens with zero attached hydrogens (tertiary/aromatic N) is 2. The quantitative estimate of drug-likeness (QED) is 0.645. The van der Waals surface area contributed by atoms with Crippen molar-refractivity contribution < 1.29 is 14.3 Å². The number of carbonyl (C=O) groups excluding carboxylic acids is 1. The summed E-state index contributed by atoms with van der Waals surface area (Å²) in [5.74, 6) is 0.266. The number of morpholine rings is 1. The second-order valence-corrected chi connectivity index (χ2v) is 6.58. The van der Waals surface area contributed by atoms with Gasteiger partial charge in [-0.3, -0.25) is 0 Å². The number of anilines is 1. The molecule has 1 aromatic heterocycles. The van der Waals surface area contributed by atoms with Crippen molar-refractivity contribution in [3.05, 3.63) is 72.3 Å². The molecule has 5 heteroatoms. The maximum atomic E-state index is 12.8. The highest BCUT2D eigenvalue weighted by atomic mass is 16.5. The van der Waals surface area contributed by atoms with Gasteiger partial charge in [-0.25, -0.2) is 9.78 Å². The second kappa shape index (κ2) is 8.23. The van der Waals surface area contributed by atoms with E-state index in [9.17, 15) is 4.79 Å². The SMILES string of the molecule is COC(=O)c1c(-c2ccccc2)cc(-c2ccccc2)nc1N1CCOCC1. The first-order chi connectivity index (χ1) is 13.8. The third kappa shape index (κ3) is 3.62. The molecule has 0 bridgehead atoms. The van der Waals surface area contributed by atoms with Crippen molar-refractivity contribution in [2.24, 2.45) is 0 Å². The molecule has 142 valence electrons. The van der Waals surface area contributed by atoms with Crippen molar-refractivity contribution in [3.63, 3.8) is 0 Å². The molecule has 0 aliphatic carbocycles. The molecule has 4 rings (SSSR count). The summed E-state index contributed by atoms with van der Waals surface area (Å²) >= 11 is 0. The van der Waals surface area contributed by atoms with Gasteiger partial charge in [-0.1, -0.05) is 60.7 Å². The molecule has 0 radical (unpaired) electrons. The van der Waals surface area contributed by atoms with E-state index in [4.69, 9.17) is 14.5 Å². The molecule has 0 atom stereocenters. The molecule has 0 amide bonds. The number of methoxy groups -OCH3 is 1. The Hall–Kier alpha value is -3.18. The molecule has 1 fully saturated rings. The lowest BCUT2D eigenvalue weighted by Gasteiger charge is -2.30. The topological polar surface area (TPSA) is 51.7 Å².